The van der Waals surface area contributed by atoms with E-state index in [4.69, 9.17) is 0 Å². The van der Waals surface area contributed by atoms with Crippen LogP contribution >= 0.6 is 0 Å². The van der Waals surface area contributed by atoms with Crippen molar-refractivity contribution < 1.29 is 0 Å². The Morgan fingerprint density at radius 2 is 0.691 bits per heavy atom. The summed E-state index contributed by atoms with van der Waals surface area (Å²) in [6.07, 6.45) is 0. The van der Waals surface area contributed by atoms with Gasteiger partial charge in [-0.3, -0.25) is 0 Å². The second-order valence-electron chi connectivity index (χ2n) is 15.7. The van der Waals surface area contributed by atoms with Gasteiger partial charge in [0.05, 0.1) is 0 Å². The van der Waals surface area contributed by atoms with Crippen LogP contribution in [0.5, 0.6) is 0 Å². The van der Waals surface area contributed by atoms with Gasteiger partial charge in [-0.2, -0.15) is 0 Å². The zero-order valence-corrected chi connectivity index (χ0v) is 32.0. The third-order valence-electron chi connectivity index (χ3n) is 12.2. The number of fused-ring (bicyclic) bond motifs is 7. The molecule has 0 bridgehead atoms. The quantitative estimate of drug-likeness (QED) is 0.126. The van der Waals surface area contributed by atoms with E-state index in [2.05, 4.69) is 207 Å². The summed E-state index contributed by atoms with van der Waals surface area (Å²) in [5, 5.41) is 13.3. The molecule has 0 aromatic heterocycles. The molecule has 1 aliphatic heterocycles. The Hall–Kier alpha value is -6.54. The van der Waals surface area contributed by atoms with Gasteiger partial charge in [0.15, 0.2) is 0 Å². The largest absolute Gasteiger partial charge is 0.113 e. The first-order valence-corrected chi connectivity index (χ1v) is 22.3. The van der Waals surface area contributed by atoms with Crippen molar-refractivity contribution in [2.75, 3.05) is 0 Å². The zero-order valence-electron chi connectivity index (χ0n) is 31.0. The van der Waals surface area contributed by atoms with Gasteiger partial charge in [-0.15, -0.1) is 0 Å². The van der Waals surface area contributed by atoms with Crippen molar-refractivity contribution in [3.05, 3.63) is 194 Å². The summed E-state index contributed by atoms with van der Waals surface area (Å²) in [5.74, 6) is 0. The predicted molar refractivity (Wildman–Crippen MR) is 240 cm³/mol. The maximum Gasteiger partial charge on any atom is 0.113 e. The van der Waals surface area contributed by atoms with E-state index in [1.165, 1.54) is 109 Å². The van der Waals surface area contributed by atoms with Gasteiger partial charge >= 0.3 is 0 Å². The standard InChI is InChI=1S/C54H38Si/c1-55(2)51-18-10-9-15-45(51)48-33-49-50(34-52(48)55)54(40-27-21-38(22-28-40)44-30-24-36-12-4-6-14-42(36)32-44)47-17-8-7-16-46(47)53(49)39-25-19-37(20-26-39)43-29-23-35-11-3-5-13-41(35)31-43/h3-34H,1-2H3. The minimum absolute atomic E-state index is 1.23. The van der Waals surface area contributed by atoms with Gasteiger partial charge in [-0.05, 0) is 127 Å². The molecular weight excluding hydrogens is 677 g/mol. The first-order chi connectivity index (χ1) is 27.0. The Balaban J connectivity index is 1.13. The molecule has 0 atom stereocenters. The molecule has 10 aromatic carbocycles. The fourth-order valence-electron chi connectivity index (χ4n) is 9.39. The highest BCUT2D eigenvalue weighted by Gasteiger charge is 2.38. The van der Waals surface area contributed by atoms with Gasteiger partial charge in [0.2, 0.25) is 0 Å². The van der Waals surface area contributed by atoms with Crippen LogP contribution in [0.25, 0.3) is 98.7 Å². The molecule has 0 N–H and O–H groups in total. The van der Waals surface area contributed by atoms with Crippen LogP contribution < -0.4 is 10.4 Å². The fraction of sp³-hybridized carbons (Fsp3) is 0.0370. The molecule has 1 aliphatic rings. The number of benzene rings is 10. The molecular formula is C54H38Si. The summed E-state index contributed by atoms with van der Waals surface area (Å²) in [5.41, 5.74) is 12.9. The molecule has 0 saturated carbocycles. The molecule has 0 fully saturated rings. The molecule has 0 radical (unpaired) electrons. The van der Waals surface area contributed by atoms with Crippen LogP contribution in [0.15, 0.2) is 194 Å². The van der Waals surface area contributed by atoms with Crippen LogP contribution in [0, 0.1) is 0 Å². The third-order valence-corrected chi connectivity index (χ3v) is 15.8. The molecule has 1 heterocycles. The van der Waals surface area contributed by atoms with Gasteiger partial charge in [-0.1, -0.05) is 189 Å². The van der Waals surface area contributed by atoms with Gasteiger partial charge in [0.1, 0.15) is 8.07 Å². The van der Waals surface area contributed by atoms with Crippen molar-refractivity contribution >= 4 is 61.5 Å². The lowest BCUT2D eigenvalue weighted by atomic mass is 9.84. The van der Waals surface area contributed by atoms with E-state index in [1.54, 1.807) is 0 Å². The van der Waals surface area contributed by atoms with Gasteiger partial charge in [0, 0.05) is 0 Å². The van der Waals surface area contributed by atoms with E-state index in [-0.39, 0.29) is 0 Å². The van der Waals surface area contributed by atoms with Crippen LogP contribution in [0.2, 0.25) is 13.1 Å². The summed E-state index contributed by atoms with van der Waals surface area (Å²) in [4.78, 5) is 0. The van der Waals surface area contributed by atoms with E-state index >= 15 is 0 Å². The summed E-state index contributed by atoms with van der Waals surface area (Å²) in [6.45, 7) is 5.05. The van der Waals surface area contributed by atoms with E-state index < -0.39 is 8.07 Å². The highest BCUT2D eigenvalue weighted by molar-refractivity contribution is 7.04. The molecule has 0 amide bonds. The number of rotatable bonds is 4. The summed E-state index contributed by atoms with van der Waals surface area (Å²) < 4.78 is 0. The number of hydrogen-bond donors (Lipinski definition) is 0. The van der Waals surface area contributed by atoms with Crippen molar-refractivity contribution in [2.24, 2.45) is 0 Å². The first-order valence-electron chi connectivity index (χ1n) is 19.3. The smallest absolute Gasteiger partial charge is 0.0623 e. The van der Waals surface area contributed by atoms with Crippen molar-refractivity contribution in [1.29, 1.82) is 0 Å². The molecule has 11 rings (SSSR count). The molecule has 0 unspecified atom stereocenters. The predicted octanol–water partition coefficient (Wildman–Crippen LogP) is 13.8. The Kier molecular flexibility index (Phi) is 7.11. The van der Waals surface area contributed by atoms with Crippen molar-refractivity contribution in [3.63, 3.8) is 0 Å². The fourth-order valence-corrected chi connectivity index (χ4v) is 12.5. The van der Waals surface area contributed by atoms with Crippen LogP contribution in [-0.2, 0) is 0 Å². The average Bonchev–Trinajstić information content (AvgIpc) is 3.46. The van der Waals surface area contributed by atoms with Crippen LogP contribution in [0.1, 0.15) is 0 Å². The molecule has 10 aromatic rings. The van der Waals surface area contributed by atoms with E-state index in [9.17, 15) is 0 Å². The minimum Gasteiger partial charge on any atom is -0.0623 e. The van der Waals surface area contributed by atoms with Crippen molar-refractivity contribution in [2.45, 2.75) is 13.1 Å². The Morgan fingerprint density at radius 1 is 0.273 bits per heavy atom. The van der Waals surface area contributed by atoms with Gasteiger partial charge in [0.25, 0.3) is 0 Å². The average molecular weight is 715 g/mol. The third kappa shape index (κ3) is 5.04. The molecule has 0 spiro atoms. The van der Waals surface area contributed by atoms with Gasteiger partial charge in [-0.25, -0.2) is 0 Å². The maximum absolute atomic E-state index is 2.59. The zero-order chi connectivity index (χ0) is 36.7. The van der Waals surface area contributed by atoms with Crippen molar-refractivity contribution in [3.8, 4) is 55.6 Å². The summed E-state index contributed by atoms with van der Waals surface area (Å²) in [7, 11) is -1.93. The summed E-state index contributed by atoms with van der Waals surface area (Å²) >= 11 is 0. The molecule has 0 saturated heterocycles. The number of hydrogen-bond acceptors (Lipinski definition) is 0. The van der Waals surface area contributed by atoms with Crippen LogP contribution in [0.4, 0.5) is 0 Å². The second kappa shape index (κ2) is 12.2. The molecule has 55 heavy (non-hydrogen) atoms. The normalized spacial score (nSPS) is 13.1. The second-order valence-corrected chi connectivity index (χ2v) is 20.0. The Bertz CT molecular complexity index is 3150. The van der Waals surface area contributed by atoms with E-state index in [1.807, 2.05) is 0 Å². The lowest BCUT2D eigenvalue weighted by Crippen LogP contribution is -2.49. The minimum atomic E-state index is -1.93. The highest BCUT2D eigenvalue weighted by atomic mass is 28.3. The first kappa shape index (κ1) is 31.9. The monoisotopic (exact) mass is 714 g/mol. The maximum atomic E-state index is 2.59. The lowest BCUT2D eigenvalue weighted by Gasteiger charge is -2.22. The van der Waals surface area contributed by atoms with Crippen LogP contribution in [0.3, 0.4) is 0 Å². The van der Waals surface area contributed by atoms with Crippen molar-refractivity contribution in [1.82, 2.24) is 0 Å². The molecule has 0 aliphatic carbocycles. The van der Waals surface area contributed by atoms with Crippen LogP contribution in [-0.4, -0.2) is 8.07 Å². The lowest BCUT2D eigenvalue weighted by molar-refractivity contribution is 1.62. The Morgan fingerprint density at radius 3 is 1.24 bits per heavy atom. The van der Waals surface area contributed by atoms with Gasteiger partial charge < -0.3 is 0 Å². The van der Waals surface area contributed by atoms with E-state index in [0.717, 1.165) is 0 Å². The summed E-state index contributed by atoms with van der Waals surface area (Å²) in [6, 6.07) is 72.7. The topological polar surface area (TPSA) is 0 Å². The molecule has 1 heteroatoms. The Labute approximate surface area is 323 Å². The molecule has 258 valence electrons. The molecule has 0 nitrogen and oxygen atoms in total. The highest BCUT2D eigenvalue weighted by Crippen LogP contribution is 2.46. The SMILES string of the molecule is C[Si]1(C)c2ccccc2-c2cc3c(-c4ccc(-c5ccc6ccccc6c5)cc4)c4ccccc4c(-c4ccc(-c5ccc6ccccc6c5)cc4)c3cc21. The van der Waals surface area contributed by atoms with E-state index in [0.29, 0.717) is 0 Å².